The third kappa shape index (κ3) is 5.32. The standard InChI is InChI=1S/C13H22BrF3S/c1-9-4-5-10(11(14)8-9)12(2,3)6-7-18-13(15,16)17/h9-11H,4-8H2,1-3H3. The molecule has 0 aromatic rings. The molecule has 0 nitrogen and oxygen atoms in total. The minimum absolute atomic E-state index is 0.0213. The molecular weight excluding hydrogens is 325 g/mol. The van der Waals surface area contributed by atoms with Gasteiger partial charge in [0.25, 0.3) is 0 Å². The van der Waals surface area contributed by atoms with Gasteiger partial charge in [-0.2, -0.15) is 13.2 Å². The predicted molar refractivity (Wildman–Crippen MR) is 76.1 cm³/mol. The van der Waals surface area contributed by atoms with E-state index in [1.165, 1.54) is 6.42 Å². The lowest BCUT2D eigenvalue weighted by molar-refractivity contribution is -0.0329. The zero-order valence-electron chi connectivity index (χ0n) is 11.2. The Bertz CT molecular complexity index is 265. The van der Waals surface area contributed by atoms with Crippen LogP contribution in [0.5, 0.6) is 0 Å². The van der Waals surface area contributed by atoms with Crippen LogP contribution >= 0.6 is 27.7 Å². The molecule has 108 valence electrons. The Hall–Kier alpha value is 0.620. The number of thioether (sulfide) groups is 1. The van der Waals surface area contributed by atoms with Crippen molar-refractivity contribution in [3.63, 3.8) is 0 Å². The molecule has 5 heteroatoms. The van der Waals surface area contributed by atoms with Crippen LogP contribution in [0.4, 0.5) is 13.2 Å². The van der Waals surface area contributed by atoms with Gasteiger partial charge in [0.05, 0.1) is 0 Å². The summed E-state index contributed by atoms with van der Waals surface area (Å²) in [5, 5.41) is 0. The quantitative estimate of drug-likeness (QED) is 0.575. The molecular formula is C13H22BrF3S. The van der Waals surface area contributed by atoms with Gasteiger partial charge in [0.15, 0.2) is 0 Å². The Morgan fingerprint density at radius 3 is 2.33 bits per heavy atom. The summed E-state index contributed by atoms with van der Waals surface area (Å²) in [5.74, 6) is 1.39. The van der Waals surface area contributed by atoms with Crippen LogP contribution in [0.1, 0.15) is 46.5 Å². The minimum atomic E-state index is -4.09. The van der Waals surface area contributed by atoms with E-state index in [-0.39, 0.29) is 22.9 Å². The van der Waals surface area contributed by atoms with Gasteiger partial charge in [-0.1, -0.05) is 54.9 Å². The van der Waals surface area contributed by atoms with Crippen molar-refractivity contribution in [2.45, 2.75) is 56.8 Å². The van der Waals surface area contributed by atoms with Crippen molar-refractivity contribution >= 4 is 27.7 Å². The lowest BCUT2D eigenvalue weighted by Crippen LogP contribution is -2.36. The molecule has 0 aromatic heterocycles. The topological polar surface area (TPSA) is 0 Å². The van der Waals surface area contributed by atoms with Crippen LogP contribution in [-0.2, 0) is 0 Å². The molecule has 0 heterocycles. The molecule has 0 aliphatic heterocycles. The van der Waals surface area contributed by atoms with Crippen molar-refractivity contribution in [1.29, 1.82) is 0 Å². The molecule has 3 atom stereocenters. The van der Waals surface area contributed by atoms with Crippen molar-refractivity contribution in [3.05, 3.63) is 0 Å². The fraction of sp³-hybridized carbons (Fsp3) is 1.00. The highest BCUT2D eigenvalue weighted by molar-refractivity contribution is 9.09. The molecule has 0 aromatic carbocycles. The largest absolute Gasteiger partial charge is 0.441 e. The minimum Gasteiger partial charge on any atom is -0.160 e. The van der Waals surface area contributed by atoms with Gasteiger partial charge in [-0.25, -0.2) is 0 Å². The Balaban J connectivity index is 2.47. The fourth-order valence-corrected chi connectivity index (χ4v) is 5.28. The van der Waals surface area contributed by atoms with Crippen molar-refractivity contribution in [2.24, 2.45) is 17.3 Å². The molecule has 1 aliphatic carbocycles. The molecule has 0 amide bonds. The van der Waals surface area contributed by atoms with E-state index in [0.717, 1.165) is 18.8 Å². The number of halogens is 4. The smallest absolute Gasteiger partial charge is 0.160 e. The van der Waals surface area contributed by atoms with Gasteiger partial charge in [0, 0.05) is 10.6 Å². The fourth-order valence-electron chi connectivity index (χ4n) is 2.81. The number of hydrogen-bond donors (Lipinski definition) is 0. The number of hydrogen-bond acceptors (Lipinski definition) is 1. The van der Waals surface area contributed by atoms with Gasteiger partial charge < -0.3 is 0 Å². The molecule has 0 saturated heterocycles. The second kappa shape index (κ2) is 6.38. The van der Waals surface area contributed by atoms with Crippen molar-refractivity contribution in [1.82, 2.24) is 0 Å². The third-order valence-corrected chi connectivity index (χ3v) is 5.80. The molecule has 0 bridgehead atoms. The van der Waals surface area contributed by atoms with Crippen molar-refractivity contribution < 1.29 is 13.2 Å². The summed E-state index contributed by atoms with van der Waals surface area (Å²) in [5.41, 5.74) is -4.11. The molecule has 1 aliphatic rings. The van der Waals surface area contributed by atoms with E-state index in [4.69, 9.17) is 0 Å². The number of rotatable bonds is 4. The van der Waals surface area contributed by atoms with Gasteiger partial charge in [-0.05, 0) is 36.5 Å². The normalized spacial score (nSPS) is 30.5. The van der Waals surface area contributed by atoms with E-state index in [2.05, 4.69) is 36.7 Å². The maximum Gasteiger partial charge on any atom is 0.441 e. The van der Waals surface area contributed by atoms with Gasteiger partial charge in [-0.15, -0.1) is 0 Å². The summed E-state index contributed by atoms with van der Waals surface area (Å²) in [6, 6.07) is 0. The molecule has 1 rings (SSSR count). The van der Waals surface area contributed by atoms with Crippen LogP contribution in [-0.4, -0.2) is 16.1 Å². The third-order valence-electron chi connectivity index (χ3n) is 4.05. The average Bonchev–Trinajstić information content (AvgIpc) is 2.13. The first kappa shape index (κ1) is 16.7. The van der Waals surface area contributed by atoms with E-state index < -0.39 is 5.51 Å². The van der Waals surface area contributed by atoms with Crippen LogP contribution in [0.15, 0.2) is 0 Å². The highest BCUT2D eigenvalue weighted by Crippen LogP contribution is 2.46. The van der Waals surface area contributed by atoms with Crippen molar-refractivity contribution in [3.8, 4) is 0 Å². The van der Waals surface area contributed by atoms with Crippen LogP contribution in [0.3, 0.4) is 0 Å². The SMILES string of the molecule is CC1CCC(C(C)(C)CCSC(F)(F)F)C(Br)C1. The molecule has 0 N–H and O–H groups in total. The van der Waals surface area contributed by atoms with E-state index in [0.29, 0.717) is 17.2 Å². The van der Waals surface area contributed by atoms with Crippen LogP contribution in [0.2, 0.25) is 0 Å². The molecule has 0 radical (unpaired) electrons. The molecule has 0 spiro atoms. The summed E-state index contributed by atoms with van der Waals surface area (Å²) in [6.07, 6.45) is 4.09. The first-order valence-corrected chi connectivity index (χ1v) is 8.37. The molecule has 3 unspecified atom stereocenters. The Morgan fingerprint density at radius 2 is 1.83 bits per heavy atom. The molecule has 18 heavy (non-hydrogen) atoms. The van der Waals surface area contributed by atoms with E-state index in [9.17, 15) is 13.2 Å². The second-order valence-electron chi connectivity index (χ2n) is 6.07. The lowest BCUT2D eigenvalue weighted by atomic mass is 9.68. The summed E-state index contributed by atoms with van der Waals surface area (Å²) in [4.78, 5) is 0.451. The van der Waals surface area contributed by atoms with Gasteiger partial charge in [0.2, 0.25) is 0 Å². The Morgan fingerprint density at radius 1 is 1.22 bits per heavy atom. The zero-order chi connectivity index (χ0) is 14.0. The van der Waals surface area contributed by atoms with Gasteiger partial charge >= 0.3 is 5.51 Å². The summed E-state index contributed by atoms with van der Waals surface area (Å²) >= 11 is 3.84. The van der Waals surface area contributed by atoms with Gasteiger partial charge in [-0.3, -0.25) is 0 Å². The predicted octanol–water partition coefficient (Wildman–Crippen LogP) is 5.86. The summed E-state index contributed by atoms with van der Waals surface area (Å²) < 4.78 is 36.5. The Labute approximate surface area is 121 Å². The van der Waals surface area contributed by atoms with E-state index in [1.54, 1.807) is 0 Å². The van der Waals surface area contributed by atoms with Crippen LogP contribution in [0, 0.1) is 17.3 Å². The van der Waals surface area contributed by atoms with Crippen LogP contribution < -0.4 is 0 Å². The highest BCUT2D eigenvalue weighted by Gasteiger charge is 2.38. The zero-order valence-corrected chi connectivity index (χ0v) is 13.6. The van der Waals surface area contributed by atoms with Crippen LogP contribution in [0.25, 0.3) is 0 Å². The van der Waals surface area contributed by atoms with Gasteiger partial charge in [0.1, 0.15) is 0 Å². The van der Waals surface area contributed by atoms with E-state index in [1.807, 2.05) is 0 Å². The highest BCUT2D eigenvalue weighted by atomic mass is 79.9. The average molecular weight is 347 g/mol. The maximum absolute atomic E-state index is 12.2. The lowest BCUT2D eigenvalue weighted by Gasteiger charge is -2.42. The second-order valence-corrected chi connectivity index (χ2v) is 8.41. The maximum atomic E-state index is 12.2. The Kier molecular flexibility index (Phi) is 5.91. The number of alkyl halides is 4. The van der Waals surface area contributed by atoms with Crippen molar-refractivity contribution in [2.75, 3.05) is 5.75 Å². The molecule has 1 saturated carbocycles. The molecule has 1 fully saturated rings. The summed E-state index contributed by atoms with van der Waals surface area (Å²) in [7, 11) is 0. The first-order chi connectivity index (χ1) is 8.12. The monoisotopic (exact) mass is 346 g/mol. The van der Waals surface area contributed by atoms with E-state index >= 15 is 0 Å². The first-order valence-electron chi connectivity index (χ1n) is 6.46. The summed E-state index contributed by atoms with van der Waals surface area (Å²) in [6.45, 7) is 6.47.